The van der Waals surface area contributed by atoms with Gasteiger partial charge in [0.05, 0.1) is 11.0 Å². The summed E-state index contributed by atoms with van der Waals surface area (Å²) in [6, 6.07) is 32.2. The second-order valence-corrected chi connectivity index (χ2v) is 9.90. The standard InChI is InChI=1S/C33H25N3O2/c1-20(2)21-15-16-34-30(18-21)36-28-10-6-5-9-26(28)27-13-12-24(19-29(27)36)38-31-14-11-23-17-22-7-3-4-8-25(22)33(37)32(23)35-31/h3-20,37H,1-2H3. The summed E-state index contributed by atoms with van der Waals surface area (Å²) in [5, 5.41) is 15.8. The lowest BCUT2D eigenvalue weighted by Crippen LogP contribution is -1.99. The molecule has 0 fully saturated rings. The maximum Gasteiger partial charge on any atom is 0.219 e. The van der Waals surface area contributed by atoms with Crippen molar-refractivity contribution in [1.29, 1.82) is 0 Å². The zero-order chi connectivity index (χ0) is 25.8. The summed E-state index contributed by atoms with van der Waals surface area (Å²) in [7, 11) is 0. The number of pyridine rings is 2. The number of phenolic OH excluding ortho intramolecular Hbond substituents is 1. The zero-order valence-electron chi connectivity index (χ0n) is 21.1. The fourth-order valence-corrected chi connectivity index (χ4v) is 5.25. The summed E-state index contributed by atoms with van der Waals surface area (Å²) in [6.07, 6.45) is 1.88. The zero-order valence-corrected chi connectivity index (χ0v) is 21.1. The lowest BCUT2D eigenvalue weighted by molar-refractivity contribution is 0.461. The van der Waals surface area contributed by atoms with E-state index in [1.807, 2.05) is 60.8 Å². The number of fused-ring (bicyclic) bond motifs is 5. The lowest BCUT2D eigenvalue weighted by atomic mass is 10.1. The quantitative estimate of drug-likeness (QED) is 0.249. The van der Waals surface area contributed by atoms with Crippen LogP contribution in [0.1, 0.15) is 25.3 Å². The molecule has 5 nitrogen and oxygen atoms in total. The van der Waals surface area contributed by atoms with Crippen molar-refractivity contribution in [3.05, 3.63) is 109 Å². The Bertz CT molecular complexity index is 2010. The van der Waals surface area contributed by atoms with Crippen LogP contribution in [-0.2, 0) is 0 Å². The van der Waals surface area contributed by atoms with Crippen molar-refractivity contribution in [1.82, 2.24) is 14.5 Å². The monoisotopic (exact) mass is 495 g/mol. The average molecular weight is 496 g/mol. The van der Waals surface area contributed by atoms with E-state index in [0.29, 0.717) is 23.1 Å². The van der Waals surface area contributed by atoms with Crippen molar-refractivity contribution in [2.45, 2.75) is 19.8 Å². The number of rotatable bonds is 4. The normalized spacial score (nSPS) is 11.8. The summed E-state index contributed by atoms with van der Waals surface area (Å²) in [4.78, 5) is 9.39. The van der Waals surface area contributed by atoms with Gasteiger partial charge in [-0.25, -0.2) is 9.97 Å². The predicted molar refractivity (Wildman–Crippen MR) is 154 cm³/mol. The van der Waals surface area contributed by atoms with Gasteiger partial charge in [0.15, 0.2) is 0 Å². The van der Waals surface area contributed by atoms with Crippen LogP contribution in [0.3, 0.4) is 0 Å². The van der Waals surface area contributed by atoms with Gasteiger partial charge in [0, 0.05) is 39.9 Å². The average Bonchev–Trinajstić information content (AvgIpc) is 3.27. The number of nitrogens with zero attached hydrogens (tertiary/aromatic N) is 3. The molecule has 0 unspecified atom stereocenters. The molecule has 0 spiro atoms. The molecule has 4 aromatic carbocycles. The molecule has 0 amide bonds. The Kier molecular flexibility index (Phi) is 5.05. The van der Waals surface area contributed by atoms with Gasteiger partial charge < -0.3 is 9.84 Å². The van der Waals surface area contributed by atoms with Crippen molar-refractivity contribution < 1.29 is 9.84 Å². The summed E-state index contributed by atoms with van der Waals surface area (Å²) in [6.45, 7) is 4.38. The van der Waals surface area contributed by atoms with Crippen LogP contribution in [0.15, 0.2) is 103 Å². The SMILES string of the molecule is CC(C)c1ccnc(-n2c3ccccc3c3ccc(Oc4ccc5cc6ccccc6c(O)c5n4)cc32)c1. The molecule has 7 aromatic rings. The van der Waals surface area contributed by atoms with Crippen LogP contribution in [0, 0.1) is 0 Å². The maximum atomic E-state index is 10.9. The highest BCUT2D eigenvalue weighted by Gasteiger charge is 2.15. The molecule has 0 saturated heterocycles. The molecule has 0 atom stereocenters. The molecule has 3 aromatic heterocycles. The third kappa shape index (κ3) is 3.55. The van der Waals surface area contributed by atoms with Gasteiger partial charge in [-0.1, -0.05) is 56.3 Å². The van der Waals surface area contributed by atoms with Crippen LogP contribution in [0.5, 0.6) is 17.4 Å². The Morgan fingerprint density at radius 2 is 1.53 bits per heavy atom. The number of phenols is 1. The van der Waals surface area contributed by atoms with E-state index in [-0.39, 0.29) is 5.75 Å². The highest BCUT2D eigenvalue weighted by molar-refractivity contribution is 6.09. The van der Waals surface area contributed by atoms with Crippen LogP contribution in [-0.4, -0.2) is 19.6 Å². The van der Waals surface area contributed by atoms with E-state index in [1.165, 1.54) is 5.56 Å². The summed E-state index contributed by atoms with van der Waals surface area (Å²) >= 11 is 0. The topological polar surface area (TPSA) is 60.2 Å². The van der Waals surface area contributed by atoms with Gasteiger partial charge in [-0.2, -0.15) is 0 Å². The molecule has 3 heterocycles. The van der Waals surface area contributed by atoms with Gasteiger partial charge in [-0.05, 0) is 59.3 Å². The van der Waals surface area contributed by atoms with E-state index in [0.717, 1.165) is 43.8 Å². The van der Waals surface area contributed by atoms with Crippen molar-refractivity contribution in [2.24, 2.45) is 0 Å². The number of aromatic hydroxyl groups is 1. The molecule has 0 aliphatic heterocycles. The second-order valence-electron chi connectivity index (χ2n) is 9.90. The Morgan fingerprint density at radius 3 is 2.39 bits per heavy atom. The first-order valence-corrected chi connectivity index (χ1v) is 12.8. The number of hydrogen-bond donors (Lipinski definition) is 1. The molecule has 0 bridgehead atoms. The Balaban J connectivity index is 1.37. The van der Waals surface area contributed by atoms with Gasteiger partial charge >= 0.3 is 0 Å². The third-order valence-electron chi connectivity index (χ3n) is 7.19. The molecule has 0 aliphatic rings. The largest absolute Gasteiger partial charge is 0.505 e. The van der Waals surface area contributed by atoms with Crippen LogP contribution in [0.4, 0.5) is 0 Å². The Hall–Kier alpha value is -4.90. The van der Waals surface area contributed by atoms with Crippen molar-refractivity contribution in [2.75, 3.05) is 0 Å². The molecule has 7 rings (SSSR count). The summed E-state index contributed by atoms with van der Waals surface area (Å²) < 4.78 is 8.44. The van der Waals surface area contributed by atoms with Crippen LogP contribution in [0.25, 0.3) is 49.3 Å². The summed E-state index contributed by atoms with van der Waals surface area (Å²) in [5.74, 6) is 2.52. The molecule has 0 aliphatic carbocycles. The number of aromatic nitrogens is 3. The van der Waals surface area contributed by atoms with Crippen molar-refractivity contribution in [3.63, 3.8) is 0 Å². The van der Waals surface area contributed by atoms with Gasteiger partial charge in [0.2, 0.25) is 5.88 Å². The van der Waals surface area contributed by atoms with Crippen molar-refractivity contribution >= 4 is 43.5 Å². The molecular formula is C33H25N3O2. The highest BCUT2D eigenvalue weighted by atomic mass is 16.5. The minimum Gasteiger partial charge on any atom is -0.505 e. The number of para-hydroxylation sites is 1. The van der Waals surface area contributed by atoms with Crippen LogP contribution in [0.2, 0.25) is 0 Å². The molecule has 1 N–H and O–H groups in total. The lowest BCUT2D eigenvalue weighted by Gasteiger charge is -2.12. The highest BCUT2D eigenvalue weighted by Crippen LogP contribution is 2.37. The van der Waals surface area contributed by atoms with E-state index >= 15 is 0 Å². The first-order chi connectivity index (χ1) is 18.6. The van der Waals surface area contributed by atoms with Crippen LogP contribution < -0.4 is 4.74 Å². The van der Waals surface area contributed by atoms with Gasteiger partial charge in [0.25, 0.3) is 0 Å². The number of benzene rings is 4. The van der Waals surface area contributed by atoms with Gasteiger partial charge in [0.1, 0.15) is 22.8 Å². The molecular weight excluding hydrogens is 470 g/mol. The predicted octanol–water partition coefficient (Wildman–Crippen LogP) is 8.50. The molecule has 0 radical (unpaired) electrons. The minimum absolute atomic E-state index is 0.162. The van der Waals surface area contributed by atoms with Gasteiger partial charge in [-0.15, -0.1) is 0 Å². The Labute approximate surface area is 219 Å². The van der Waals surface area contributed by atoms with Crippen LogP contribution >= 0.6 is 0 Å². The smallest absolute Gasteiger partial charge is 0.219 e. The molecule has 5 heteroatoms. The molecule has 38 heavy (non-hydrogen) atoms. The molecule has 184 valence electrons. The third-order valence-corrected chi connectivity index (χ3v) is 7.19. The number of ether oxygens (including phenoxy) is 1. The summed E-state index contributed by atoms with van der Waals surface area (Å²) in [5.41, 5.74) is 3.85. The first kappa shape index (κ1) is 22.3. The number of hydrogen-bond acceptors (Lipinski definition) is 4. The van der Waals surface area contributed by atoms with E-state index in [2.05, 4.69) is 65.9 Å². The maximum absolute atomic E-state index is 10.9. The van der Waals surface area contributed by atoms with E-state index in [1.54, 1.807) is 0 Å². The van der Waals surface area contributed by atoms with E-state index < -0.39 is 0 Å². The minimum atomic E-state index is 0.162. The first-order valence-electron chi connectivity index (χ1n) is 12.8. The molecule has 0 saturated carbocycles. The van der Waals surface area contributed by atoms with E-state index in [4.69, 9.17) is 9.72 Å². The van der Waals surface area contributed by atoms with Crippen molar-refractivity contribution in [3.8, 4) is 23.2 Å². The fraction of sp³-hybridized carbons (Fsp3) is 0.0909. The second kappa shape index (κ2) is 8.60. The van der Waals surface area contributed by atoms with Gasteiger partial charge in [-0.3, -0.25) is 4.57 Å². The Morgan fingerprint density at radius 1 is 0.737 bits per heavy atom. The fourth-order valence-electron chi connectivity index (χ4n) is 5.25. The van der Waals surface area contributed by atoms with E-state index in [9.17, 15) is 5.11 Å².